The minimum Gasteiger partial charge on any atom is -0.384 e. The molecular weight excluding hydrogens is 284 g/mol. The van der Waals surface area contributed by atoms with E-state index in [1.807, 2.05) is 42.7 Å². The molecule has 0 aliphatic carbocycles. The van der Waals surface area contributed by atoms with Gasteiger partial charge in [0.15, 0.2) is 0 Å². The second-order valence-corrected chi connectivity index (χ2v) is 5.29. The minimum atomic E-state index is 0.432. The van der Waals surface area contributed by atoms with E-state index >= 15 is 0 Å². The third-order valence-corrected chi connectivity index (χ3v) is 4.13. The minimum absolute atomic E-state index is 0.432. The summed E-state index contributed by atoms with van der Waals surface area (Å²) in [6.45, 7) is 3.84. The molecule has 0 radical (unpaired) electrons. The number of nitrogen functional groups attached to an aromatic ring is 1. The second-order valence-electron chi connectivity index (χ2n) is 4.88. The summed E-state index contributed by atoms with van der Waals surface area (Å²) >= 11 is 6.23. The summed E-state index contributed by atoms with van der Waals surface area (Å²) in [5.74, 6) is 0.432. The molecular formula is C16H13ClN4. The van der Waals surface area contributed by atoms with Gasteiger partial charge in [0.25, 0.3) is 0 Å². The number of halogens is 1. The molecule has 0 aliphatic rings. The Balaban J connectivity index is 2.43. The molecule has 0 fully saturated rings. The highest BCUT2D eigenvalue weighted by atomic mass is 35.5. The molecule has 4 nitrogen and oxygen atoms in total. The van der Waals surface area contributed by atoms with Crippen molar-refractivity contribution in [2.24, 2.45) is 0 Å². The molecule has 3 aromatic rings. The van der Waals surface area contributed by atoms with Gasteiger partial charge in [-0.15, -0.1) is 0 Å². The van der Waals surface area contributed by atoms with Gasteiger partial charge in [-0.3, -0.25) is 9.55 Å². The molecule has 0 bridgehead atoms. The summed E-state index contributed by atoms with van der Waals surface area (Å²) in [5.41, 5.74) is 10.1. The first-order valence-electron chi connectivity index (χ1n) is 6.47. The molecule has 5 heteroatoms. The summed E-state index contributed by atoms with van der Waals surface area (Å²) in [4.78, 5) is 4.42. The Kier molecular flexibility index (Phi) is 3.08. The Morgan fingerprint density at radius 2 is 2.05 bits per heavy atom. The molecule has 104 valence electrons. The monoisotopic (exact) mass is 296 g/mol. The number of fused-ring (bicyclic) bond motifs is 1. The van der Waals surface area contributed by atoms with E-state index in [0.717, 1.165) is 27.8 Å². The lowest BCUT2D eigenvalue weighted by molar-refractivity contribution is 1.02. The third-order valence-electron chi connectivity index (χ3n) is 3.80. The lowest BCUT2D eigenvalue weighted by Crippen LogP contribution is -2.04. The standard InChI is InChI=1S/C16H13ClN4/c1-9-10(2)21(16(19)12(9)8-18)14-6-5-13(17)11-4-3-7-20-15(11)14/h3-7H,19H2,1-2H3. The van der Waals surface area contributed by atoms with Gasteiger partial charge in [-0.05, 0) is 43.7 Å². The highest BCUT2D eigenvalue weighted by Gasteiger charge is 2.18. The normalized spacial score (nSPS) is 10.8. The molecule has 0 unspecified atom stereocenters. The molecule has 3 rings (SSSR count). The van der Waals surface area contributed by atoms with Crippen LogP contribution in [-0.4, -0.2) is 9.55 Å². The number of hydrogen-bond acceptors (Lipinski definition) is 3. The van der Waals surface area contributed by atoms with Crippen molar-refractivity contribution >= 4 is 28.3 Å². The quantitative estimate of drug-likeness (QED) is 0.743. The van der Waals surface area contributed by atoms with E-state index in [2.05, 4.69) is 11.1 Å². The zero-order chi connectivity index (χ0) is 15.1. The van der Waals surface area contributed by atoms with Crippen molar-refractivity contribution < 1.29 is 0 Å². The maximum Gasteiger partial charge on any atom is 0.126 e. The second kappa shape index (κ2) is 4.80. The molecule has 2 aromatic heterocycles. The molecule has 0 saturated carbocycles. The molecule has 0 aliphatic heterocycles. The van der Waals surface area contributed by atoms with Crippen molar-refractivity contribution in [1.29, 1.82) is 5.26 Å². The van der Waals surface area contributed by atoms with Gasteiger partial charge < -0.3 is 5.73 Å². The van der Waals surface area contributed by atoms with Crippen LogP contribution in [0, 0.1) is 25.2 Å². The van der Waals surface area contributed by atoms with Gasteiger partial charge in [-0.2, -0.15) is 5.26 Å². The fourth-order valence-electron chi connectivity index (χ4n) is 2.59. The number of rotatable bonds is 1. The van der Waals surface area contributed by atoms with Crippen LogP contribution in [0.25, 0.3) is 16.6 Å². The smallest absolute Gasteiger partial charge is 0.126 e. The Bertz CT molecular complexity index is 903. The van der Waals surface area contributed by atoms with Crippen LogP contribution in [-0.2, 0) is 0 Å². The van der Waals surface area contributed by atoms with Crippen molar-refractivity contribution in [1.82, 2.24) is 9.55 Å². The van der Waals surface area contributed by atoms with Crippen molar-refractivity contribution in [3.63, 3.8) is 0 Å². The topological polar surface area (TPSA) is 67.6 Å². The van der Waals surface area contributed by atoms with Crippen molar-refractivity contribution in [2.45, 2.75) is 13.8 Å². The van der Waals surface area contributed by atoms with Crippen LogP contribution in [0.3, 0.4) is 0 Å². The average Bonchev–Trinajstić information content (AvgIpc) is 2.70. The lowest BCUT2D eigenvalue weighted by atomic mass is 10.2. The molecule has 0 spiro atoms. The highest BCUT2D eigenvalue weighted by molar-refractivity contribution is 6.35. The molecule has 1 aromatic carbocycles. The number of anilines is 1. The van der Waals surface area contributed by atoms with Gasteiger partial charge in [0.2, 0.25) is 0 Å². The van der Waals surface area contributed by atoms with Crippen LogP contribution >= 0.6 is 11.6 Å². The van der Waals surface area contributed by atoms with Crippen molar-refractivity contribution in [3.05, 3.63) is 52.3 Å². The Morgan fingerprint density at radius 1 is 1.29 bits per heavy atom. The van der Waals surface area contributed by atoms with Crippen LogP contribution in [0.15, 0.2) is 30.5 Å². The molecule has 21 heavy (non-hydrogen) atoms. The first kappa shape index (κ1) is 13.5. The van der Waals surface area contributed by atoms with E-state index in [1.54, 1.807) is 6.20 Å². The van der Waals surface area contributed by atoms with Gasteiger partial charge in [0, 0.05) is 17.3 Å². The number of benzene rings is 1. The number of aromatic nitrogens is 2. The van der Waals surface area contributed by atoms with Crippen LogP contribution in [0.4, 0.5) is 5.82 Å². The van der Waals surface area contributed by atoms with Gasteiger partial charge in [0.1, 0.15) is 11.9 Å². The number of nitriles is 1. The van der Waals surface area contributed by atoms with E-state index in [0.29, 0.717) is 16.4 Å². The summed E-state index contributed by atoms with van der Waals surface area (Å²) in [5, 5.41) is 10.8. The van der Waals surface area contributed by atoms with Crippen LogP contribution in [0.5, 0.6) is 0 Å². The molecule has 0 amide bonds. The van der Waals surface area contributed by atoms with Crippen LogP contribution in [0.1, 0.15) is 16.8 Å². The fraction of sp³-hybridized carbons (Fsp3) is 0.125. The molecule has 0 atom stereocenters. The van der Waals surface area contributed by atoms with E-state index in [1.165, 1.54) is 0 Å². The first-order chi connectivity index (χ1) is 10.1. The SMILES string of the molecule is Cc1c(C#N)c(N)n(-c2ccc(Cl)c3cccnc23)c1C. The average molecular weight is 297 g/mol. The Morgan fingerprint density at radius 3 is 2.71 bits per heavy atom. The summed E-state index contributed by atoms with van der Waals surface area (Å²) in [6, 6.07) is 9.62. The van der Waals surface area contributed by atoms with E-state index in [-0.39, 0.29) is 0 Å². The molecule has 2 heterocycles. The summed E-state index contributed by atoms with van der Waals surface area (Å²) in [6.07, 6.45) is 1.72. The predicted octanol–water partition coefficient (Wildman–Crippen LogP) is 3.75. The van der Waals surface area contributed by atoms with Crippen LogP contribution < -0.4 is 5.73 Å². The number of nitrogens with zero attached hydrogens (tertiary/aromatic N) is 3. The highest BCUT2D eigenvalue weighted by Crippen LogP contribution is 2.33. The van der Waals surface area contributed by atoms with Crippen molar-refractivity contribution in [2.75, 3.05) is 5.73 Å². The molecule has 0 saturated heterocycles. The number of nitrogens with two attached hydrogens (primary N) is 1. The maximum absolute atomic E-state index is 9.26. The maximum atomic E-state index is 9.26. The first-order valence-corrected chi connectivity index (χ1v) is 6.85. The van der Waals surface area contributed by atoms with E-state index in [4.69, 9.17) is 17.3 Å². The number of pyridine rings is 1. The molecule has 2 N–H and O–H groups in total. The van der Waals surface area contributed by atoms with Gasteiger partial charge >= 0.3 is 0 Å². The Hall–Kier alpha value is -2.51. The lowest BCUT2D eigenvalue weighted by Gasteiger charge is -2.12. The predicted molar refractivity (Wildman–Crippen MR) is 84.7 cm³/mol. The fourth-order valence-corrected chi connectivity index (χ4v) is 2.80. The van der Waals surface area contributed by atoms with Gasteiger partial charge in [-0.1, -0.05) is 11.6 Å². The summed E-state index contributed by atoms with van der Waals surface area (Å²) < 4.78 is 1.86. The zero-order valence-corrected chi connectivity index (χ0v) is 12.4. The van der Waals surface area contributed by atoms with Gasteiger partial charge in [-0.25, -0.2) is 0 Å². The van der Waals surface area contributed by atoms with Crippen LogP contribution in [0.2, 0.25) is 5.02 Å². The number of hydrogen-bond donors (Lipinski definition) is 1. The van der Waals surface area contributed by atoms with Crippen molar-refractivity contribution in [3.8, 4) is 11.8 Å². The zero-order valence-electron chi connectivity index (χ0n) is 11.7. The summed E-state index contributed by atoms with van der Waals surface area (Å²) in [7, 11) is 0. The van der Waals surface area contributed by atoms with Gasteiger partial charge in [0.05, 0.1) is 21.8 Å². The largest absolute Gasteiger partial charge is 0.384 e. The van der Waals surface area contributed by atoms with E-state index in [9.17, 15) is 5.26 Å². The van der Waals surface area contributed by atoms with E-state index < -0.39 is 0 Å². The third kappa shape index (κ3) is 1.86. The Labute approximate surface area is 127 Å².